The van der Waals surface area contributed by atoms with Crippen molar-refractivity contribution in [1.82, 2.24) is 5.16 Å². The van der Waals surface area contributed by atoms with E-state index < -0.39 is 18.0 Å². The summed E-state index contributed by atoms with van der Waals surface area (Å²) in [4.78, 5) is 24.1. The number of amides is 1. The summed E-state index contributed by atoms with van der Waals surface area (Å²) in [5.74, 6) is 1.14. The SMILES string of the molecule is COc1ccccc1NC(=O)[C@H](C)OC(=O)CSCc1c(C)noc1C. The van der Waals surface area contributed by atoms with Crippen molar-refractivity contribution in [3.63, 3.8) is 0 Å². The molecule has 0 aliphatic heterocycles. The van der Waals surface area contributed by atoms with E-state index in [1.165, 1.54) is 25.8 Å². The second-order valence-corrected chi connectivity index (χ2v) is 6.60. The number of nitrogens with one attached hydrogen (secondary N) is 1. The number of carbonyl (C=O) groups excluding carboxylic acids is 2. The van der Waals surface area contributed by atoms with Crippen molar-refractivity contribution in [2.24, 2.45) is 0 Å². The number of aryl methyl sites for hydroxylation is 2. The number of esters is 1. The van der Waals surface area contributed by atoms with Crippen molar-refractivity contribution in [1.29, 1.82) is 0 Å². The van der Waals surface area contributed by atoms with Crippen molar-refractivity contribution in [2.45, 2.75) is 32.6 Å². The minimum atomic E-state index is -0.910. The highest BCUT2D eigenvalue weighted by atomic mass is 32.2. The molecule has 1 aromatic heterocycles. The quantitative estimate of drug-likeness (QED) is 0.706. The van der Waals surface area contributed by atoms with Crippen LogP contribution in [-0.2, 0) is 20.1 Å². The van der Waals surface area contributed by atoms with Gasteiger partial charge in [-0.05, 0) is 32.9 Å². The van der Waals surface area contributed by atoms with E-state index in [0.29, 0.717) is 17.2 Å². The molecule has 0 aliphatic rings. The van der Waals surface area contributed by atoms with Gasteiger partial charge in [-0.1, -0.05) is 17.3 Å². The summed E-state index contributed by atoms with van der Waals surface area (Å²) in [6.07, 6.45) is -0.910. The highest BCUT2D eigenvalue weighted by Gasteiger charge is 2.19. The smallest absolute Gasteiger partial charge is 0.316 e. The molecule has 140 valence electrons. The molecule has 1 aromatic carbocycles. The molecule has 0 aliphatic carbocycles. The zero-order valence-electron chi connectivity index (χ0n) is 15.2. The molecule has 26 heavy (non-hydrogen) atoms. The highest BCUT2D eigenvalue weighted by Crippen LogP contribution is 2.23. The standard InChI is InChI=1S/C18H22N2O5S/c1-11-14(12(2)25-20-11)9-26-10-17(21)24-13(3)18(22)19-15-7-5-6-8-16(15)23-4/h5-8,13H,9-10H2,1-4H3,(H,19,22)/t13-/m0/s1. The fraction of sp³-hybridized carbons (Fsp3) is 0.389. The van der Waals surface area contributed by atoms with Gasteiger partial charge in [0.1, 0.15) is 11.5 Å². The molecule has 0 saturated heterocycles. The Balaban J connectivity index is 1.80. The largest absolute Gasteiger partial charge is 0.495 e. The number of hydrogen-bond donors (Lipinski definition) is 1. The number of aromatic nitrogens is 1. The van der Waals surface area contributed by atoms with Crippen LogP contribution in [0.15, 0.2) is 28.8 Å². The third-order valence-corrected chi connectivity index (χ3v) is 4.62. The third-order valence-electron chi connectivity index (χ3n) is 3.69. The van der Waals surface area contributed by atoms with Gasteiger partial charge in [-0.15, -0.1) is 11.8 Å². The van der Waals surface area contributed by atoms with Crippen LogP contribution in [0.3, 0.4) is 0 Å². The van der Waals surface area contributed by atoms with E-state index in [0.717, 1.165) is 17.0 Å². The Labute approximate surface area is 156 Å². The molecule has 2 rings (SSSR count). The van der Waals surface area contributed by atoms with Crippen LogP contribution in [0.4, 0.5) is 5.69 Å². The van der Waals surface area contributed by atoms with E-state index in [1.807, 2.05) is 13.8 Å². The predicted octanol–water partition coefficient (Wildman–Crippen LogP) is 3.10. The van der Waals surface area contributed by atoms with Crippen molar-refractivity contribution in [3.05, 3.63) is 41.3 Å². The van der Waals surface area contributed by atoms with Crippen LogP contribution in [0.25, 0.3) is 0 Å². The molecular weight excluding hydrogens is 356 g/mol. The average Bonchev–Trinajstić information content (AvgIpc) is 2.94. The number of hydrogen-bond acceptors (Lipinski definition) is 7. The van der Waals surface area contributed by atoms with E-state index in [1.54, 1.807) is 24.3 Å². The second kappa shape index (κ2) is 9.28. The fourth-order valence-electron chi connectivity index (χ4n) is 2.21. The maximum absolute atomic E-state index is 12.2. The van der Waals surface area contributed by atoms with Crippen LogP contribution in [0.2, 0.25) is 0 Å². The first-order valence-corrected chi connectivity index (χ1v) is 9.20. The lowest BCUT2D eigenvalue weighted by atomic mass is 10.2. The summed E-state index contributed by atoms with van der Waals surface area (Å²) in [7, 11) is 1.52. The van der Waals surface area contributed by atoms with Crippen LogP contribution < -0.4 is 10.1 Å². The molecule has 0 fully saturated rings. The number of methoxy groups -OCH3 is 1. The van der Waals surface area contributed by atoms with Gasteiger partial charge in [0.25, 0.3) is 5.91 Å². The van der Waals surface area contributed by atoms with E-state index in [9.17, 15) is 9.59 Å². The van der Waals surface area contributed by atoms with E-state index >= 15 is 0 Å². The molecule has 0 unspecified atom stereocenters. The van der Waals surface area contributed by atoms with Crippen molar-refractivity contribution in [3.8, 4) is 5.75 Å². The van der Waals surface area contributed by atoms with Gasteiger partial charge < -0.3 is 19.3 Å². The molecule has 1 atom stereocenters. The topological polar surface area (TPSA) is 90.7 Å². The van der Waals surface area contributed by atoms with Crippen LogP contribution >= 0.6 is 11.8 Å². The second-order valence-electron chi connectivity index (χ2n) is 5.62. The number of thioether (sulfide) groups is 1. The van der Waals surface area contributed by atoms with Crippen molar-refractivity contribution in [2.75, 3.05) is 18.2 Å². The molecule has 0 radical (unpaired) electrons. The minimum absolute atomic E-state index is 0.135. The van der Waals surface area contributed by atoms with Crippen molar-refractivity contribution < 1.29 is 23.6 Å². The lowest BCUT2D eigenvalue weighted by Gasteiger charge is -2.15. The molecule has 0 spiro atoms. The average molecular weight is 378 g/mol. The van der Waals surface area contributed by atoms with Gasteiger partial charge in [0.05, 0.1) is 24.2 Å². The van der Waals surface area contributed by atoms with Gasteiger partial charge in [-0.25, -0.2) is 0 Å². The van der Waals surface area contributed by atoms with Crippen molar-refractivity contribution >= 4 is 29.3 Å². The van der Waals surface area contributed by atoms with Gasteiger partial charge in [0.15, 0.2) is 6.10 Å². The fourth-order valence-corrected chi connectivity index (χ4v) is 3.16. The maximum Gasteiger partial charge on any atom is 0.316 e. The molecule has 7 nitrogen and oxygen atoms in total. The highest BCUT2D eigenvalue weighted by molar-refractivity contribution is 7.99. The van der Waals surface area contributed by atoms with Crippen LogP contribution in [0.5, 0.6) is 5.75 Å². The van der Waals surface area contributed by atoms with Gasteiger partial charge >= 0.3 is 5.97 Å². The monoisotopic (exact) mass is 378 g/mol. The lowest BCUT2D eigenvalue weighted by molar-refractivity contribution is -0.150. The first-order chi connectivity index (χ1) is 12.4. The number of ether oxygens (including phenoxy) is 2. The Morgan fingerprint density at radius 3 is 2.69 bits per heavy atom. The molecule has 1 amide bonds. The number of para-hydroxylation sites is 2. The number of anilines is 1. The molecule has 2 aromatic rings. The first-order valence-electron chi connectivity index (χ1n) is 8.05. The number of nitrogens with zero attached hydrogens (tertiary/aromatic N) is 1. The van der Waals surface area contributed by atoms with Crippen LogP contribution in [0.1, 0.15) is 23.9 Å². The zero-order chi connectivity index (χ0) is 19.1. The molecule has 0 saturated carbocycles. The molecule has 0 bridgehead atoms. The Morgan fingerprint density at radius 2 is 2.04 bits per heavy atom. The van der Waals surface area contributed by atoms with Gasteiger partial charge in [-0.2, -0.15) is 0 Å². The maximum atomic E-state index is 12.2. The third kappa shape index (κ3) is 5.26. The summed E-state index contributed by atoms with van der Waals surface area (Å²) in [5, 5.41) is 6.56. The van der Waals surface area contributed by atoms with E-state index in [-0.39, 0.29) is 5.75 Å². The van der Waals surface area contributed by atoms with E-state index in [4.69, 9.17) is 14.0 Å². The molecule has 8 heteroatoms. The van der Waals surface area contributed by atoms with Gasteiger partial charge in [0.2, 0.25) is 0 Å². The van der Waals surface area contributed by atoms with Crippen LogP contribution in [0, 0.1) is 13.8 Å². The Bertz CT molecular complexity index is 755. The Kier molecular flexibility index (Phi) is 7.08. The summed E-state index contributed by atoms with van der Waals surface area (Å²) < 4.78 is 15.4. The lowest BCUT2D eigenvalue weighted by Crippen LogP contribution is -2.30. The molecule has 1 N–H and O–H groups in total. The summed E-state index contributed by atoms with van der Waals surface area (Å²) in [6, 6.07) is 7.02. The molecule has 1 heterocycles. The van der Waals surface area contributed by atoms with Crippen LogP contribution in [-0.4, -0.2) is 36.0 Å². The number of rotatable bonds is 8. The zero-order valence-corrected chi connectivity index (χ0v) is 16.0. The van der Waals surface area contributed by atoms with Gasteiger partial charge in [-0.3, -0.25) is 9.59 Å². The minimum Gasteiger partial charge on any atom is -0.495 e. The Hall–Kier alpha value is -2.48. The normalized spacial score (nSPS) is 11.7. The van der Waals surface area contributed by atoms with Gasteiger partial charge in [0, 0.05) is 11.3 Å². The summed E-state index contributed by atoms with van der Waals surface area (Å²) >= 11 is 1.38. The van der Waals surface area contributed by atoms with E-state index in [2.05, 4.69) is 10.5 Å². The predicted molar refractivity (Wildman–Crippen MR) is 99.3 cm³/mol. The Morgan fingerprint density at radius 1 is 1.31 bits per heavy atom. The summed E-state index contributed by atoms with van der Waals surface area (Å²) in [5.41, 5.74) is 2.31. The number of benzene rings is 1. The first kappa shape index (κ1) is 19.8. The summed E-state index contributed by atoms with van der Waals surface area (Å²) in [6.45, 7) is 5.22. The number of carbonyl (C=O) groups is 2. The molecular formula is C18H22N2O5S.